The zero-order valence-corrected chi connectivity index (χ0v) is 7.76. The van der Waals surface area contributed by atoms with Gasteiger partial charge in [0.1, 0.15) is 0 Å². The Morgan fingerprint density at radius 3 is 2.25 bits per heavy atom. The van der Waals surface area contributed by atoms with E-state index in [0.717, 1.165) is 0 Å². The lowest BCUT2D eigenvalue weighted by Crippen LogP contribution is -2.09. The van der Waals surface area contributed by atoms with Gasteiger partial charge in [0.25, 0.3) is 5.89 Å². The van der Waals surface area contributed by atoms with E-state index in [1.165, 1.54) is 13.8 Å². The van der Waals surface area contributed by atoms with Gasteiger partial charge in [-0.3, -0.25) is 0 Å². The fourth-order valence-corrected chi connectivity index (χ4v) is 0.711. The number of aromatic nitrogens is 2. The molecule has 1 heterocycles. The van der Waals surface area contributed by atoms with Crippen molar-refractivity contribution in [2.45, 2.75) is 39.3 Å². The van der Waals surface area contributed by atoms with Crippen molar-refractivity contribution in [2.24, 2.45) is 0 Å². The van der Waals surface area contributed by atoms with E-state index in [1.807, 2.05) is 13.8 Å². The summed E-state index contributed by atoms with van der Waals surface area (Å²) in [6, 6.07) is 0. The lowest BCUT2D eigenvalue weighted by molar-refractivity contribution is 0.155. The predicted molar refractivity (Wildman–Crippen MR) is 42.5 cm³/mol. The first-order valence-electron chi connectivity index (χ1n) is 3.94. The van der Waals surface area contributed by atoms with Gasteiger partial charge in [0.15, 0.2) is 11.5 Å². The van der Waals surface area contributed by atoms with Crippen LogP contribution in [0.25, 0.3) is 0 Å². The average molecular weight is 172 g/mol. The van der Waals surface area contributed by atoms with E-state index in [2.05, 4.69) is 10.1 Å². The molecule has 4 heteroatoms. The summed E-state index contributed by atoms with van der Waals surface area (Å²) in [6.07, 6.45) is 0. The van der Waals surface area contributed by atoms with E-state index in [1.54, 1.807) is 0 Å². The van der Waals surface area contributed by atoms with E-state index in [4.69, 9.17) is 4.52 Å². The summed E-state index contributed by atoms with van der Waals surface area (Å²) in [5, 5.41) is 3.66. The molecule has 1 aromatic rings. The Morgan fingerprint density at radius 1 is 1.42 bits per heavy atom. The smallest absolute Gasteiger partial charge is 0.263 e. The molecule has 0 N–H and O–H groups in total. The van der Waals surface area contributed by atoms with Gasteiger partial charge in [-0.25, -0.2) is 4.39 Å². The molecule has 0 amide bonds. The number of halogens is 1. The fraction of sp³-hybridized carbons (Fsp3) is 0.750. The summed E-state index contributed by atoms with van der Waals surface area (Å²) in [7, 11) is 0. The van der Waals surface area contributed by atoms with Crippen LogP contribution in [0.1, 0.15) is 45.3 Å². The van der Waals surface area contributed by atoms with E-state index in [9.17, 15) is 4.39 Å². The highest BCUT2D eigenvalue weighted by atomic mass is 19.1. The Balaban J connectivity index is 2.92. The molecule has 1 aromatic heterocycles. The quantitative estimate of drug-likeness (QED) is 0.687. The van der Waals surface area contributed by atoms with Crippen molar-refractivity contribution < 1.29 is 8.91 Å². The van der Waals surface area contributed by atoms with Crippen LogP contribution in [0, 0.1) is 0 Å². The summed E-state index contributed by atoms with van der Waals surface area (Å²) in [5.41, 5.74) is -1.54. The maximum absolute atomic E-state index is 13.2. The second kappa shape index (κ2) is 2.84. The topological polar surface area (TPSA) is 38.9 Å². The van der Waals surface area contributed by atoms with Crippen molar-refractivity contribution >= 4 is 0 Å². The molecule has 68 valence electrons. The van der Waals surface area contributed by atoms with Crippen LogP contribution in [0.2, 0.25) is 0 Å². The summed E-state index contributed by atoms with van der Waals surface area (Å²) in [5.74, 6) is 0.770. The third-order valence-corrected chi connectivity index (χ3v) is 1.47. The van der Waals surface area contributed by atoms with Crippen molar-refractivity contribution in [1.29, 1.82) is 0 Å². The molecular formula is C8H13FN2O. The molecular weight excluding hydrogens is 159 g/mol. The highest BCUT2D eigenvalue weighted by molar-refractivity contribution is 4.97. The normalized spacial score (nSPS) is 12.5. The number of hydrogen-bond donors (Lipinski definition) is 0. The maximum Gasteiger partial charge on any atom is 0.263 e. The monoisotopic (exact) mass is 172 g/mol. The number of rotatable bonds is 2. The fourth-order valence-electron chi connectivity index (χ4n) is 0.711. The Kier molecular flexibility index (Phi) is 2.17. The molecule has 0 aliphatic carbocycles. The van der Waals surface area contributed by atoms with Gasteiger partial charge in [0.2, 0.25) is 0 Å². The molecule has 0 fully saturated rings. The van der Waals surface area contributed by atoms with Gasteiger partial charge in [-0.15, -0.1) is 0 Å². The van der Waals surface area contributed by atoms with Gasteiger partial charge in [0.05, 0.1) is 0 Å². The standard InChI is InChI=1S/C8H13FN2O/c1-5(2)6-10-7(12-11-6)8(3,4)9/h5H,1-4H3. The molecule has 0 saturated carbocycles. The summed E-state index contributed by atoms with van der Waals surface area (Å²) in [6.45, 7) is 6.65. The summed E-state index contributed by atoms with van der Waals surface area (Å²) >= 11 is 0. The molecule has 0 aliphatic heterocycles. The van der Waals surface area contributed by atoms with E-state index < -0.39 is 5.67 Å². The van der Waals surface area contributed by atoms with Gasteiger partial charge < -0.3 is 4.52 Å². The molecule has 0 unspecified atom stereocenters. The Hall–Kier alpha value is -0.930. The third-order valence-electron chi connectivity index (χ3n) is 1.47. The lowest BCUT2D eigenvalue weighted by Gasteiger charge is -2.05. The van der Waals surface area contributed by atoms with Gasteiger partial charge in [-0.1, -0.05) is 19.0 Å². The minimum atomic E-state index is -1.54. The number of alkyl halides is 1. The van der Waals surface area contributed by atoms with Gasteiger partial charge in [0, 0.05) is 5.92 Å². The van der Waals surface area contributed by atoms with Gasteiger partial charge in [-0.05, 0) is 13.8 Å². The SMILES string of the molecule is CC(C)c1noc(C(C)(C)F)n1. The summed E-state index contributed by atoms with van der Waals surface area (Å²) in [4.78, 5) is 3.93. The minimum Gasteiger partial charge on any atom is -0.336 e. The van der Waals surface area contributed by atoms with E-state index in [-0.39, 0.29) is 11.8 Å². The van der Waals surface area contributed by atoms with Crippen LogP contribution >= 0.6 is 0 Å². The van der Waals surface area contributed by atoms with Gasteiger partial charge in [-0.2, -0.15) is 4.98 Å². The lowest BCUT2D eigenvalue weighted by atomic mass is 10.2. The molecule has 3 nitrogen and oxygen atoms in total. The Labute approximate surface area is 71.0 Å². The molecule has 0 spiro atoms. The largest absolute Gasteiger partial charge is 0.336 e. The molecule has 0 aliphatic rings. The molecule has 1 rings (SSSR count). The minimum absolute atomic E-state index is 0.0474. The molecule has 0 radical (unpaired) electrons. The van der Waals surface area contributed by atoms with Crippen LogP contribution in [0.3, 0.4) is 0 Å². The average Bonchev–Trinajstić information content (AvgIpc) is 2.30. The summed E-state index contributed by atoms with van der Waals surface area (Å²) < 4.78 is 18.0. The Bertz CT molecular complexity index is 262. The number of hydrogen-bond acceptors (Lipinski definition) is 3. The van der Waals surface area contributed by atoms with Crippen LogP contribution in [-0.4, -0.2) is 10.1 Å². The van der Waals surface area contributed by atoms with Crippen molar-refractivity contribution in [2.75, 3.05) is 0 Å². The molecule has 0 bridgehead atoms. The first-order chi connectivity index (χ1) is 5.41. The van der Waals surface area contributed by atoms with Crippen molar-refractivity contribution in [3.8, 4) is 0 Å². The van der Waals surface area contributed by atoms with Crippen molar-refractivity contribution in [3.05, 3.63) is 11.7 Å². The second-order valence-corrected chi connectivity index (χ2v) is 3.58. The Morgan fingerprint density at radius 2 is 2.00 bits per heavy atom. The van der Waals surface area contributed by atoms with Crippen LogP contribution in [-0.2, 0) is 5.67 Å². The van der Waals surface area contributed by atoms with E-state index >= 15 is 0 Å². The second-order valence-electron chi connectivity index (χ2n) is 3.58. The highest BCUT2D eigenvalue weighted by Crippen LogP contribution is 2.23. The molecule has 0 aromatic carbocycles. The first-order valence-corrected chi connectivity index (χ1v) is 3.94. The third kappa shape index (κ3) is 1.81. The van der Waals surface area contributed by atoms with Gasteiger partial charge >= 0.3 is 0 Å². The highest BCUT2D eigenvalue weighted by Gasteiger charge is 2.26. The van der Waals surface area contributed by atoms with Crippen LogP contribution in [0.5, 0.6) is 0 Å². The maximum atomic E-state index is 13.2. The van der Waals surface area contributed by atoms with Crippen LogP contribution in [0.4, 0.5) is 4.39 Å². The zero-order chi connectivity index (χ0) is 9.35. The predicted octanol–water partition coefficient (Wildman–Crippen LogP) is 2.40. The zero-order valence-electron chi connectivity index (χ0n) is 7.76. The van der Waals surface area contributed by atoms with Crippen molar-refractivity contribution in [3.63, 3.8) is 0 Å². The van der Waals surface area contributed by atoms with Crippen LogP contribution < -0.4 is 0 Å². The first kappa shape index (κ1) is 9.16. The number of nitrogens with zero attached hydrogens (tertiary/aromatic N) is 2. The molecule has 0 atom stereocenters. The van der Waals surface area contributed by atoms with Crippen LogP contribution in [0.15, 0.2) is 4.52 Å². The van der Waals surface area contributed by atoms with E-state index in [0.29, 0.717) is 5.82 Å². The molecule has 12 heavy (non-hydrogen) atoms. The molecule has 0 saturated heterocycles. The van der Waals surface area contributed by atoms with Crippen molar-refractivity contribution in [1.82, 2.24) is 10.1 Å².